The van der Waals surface area contributed by atoms with Gasteiger partial charge in [0.15, 0.2) is 0 Å². The van der Waals surface area contributed by atoms with Crippen LogP contribution in [0, 0.1) is 5.92 Å². The lowest BCUT2D eigenvalue weighted by molar-refractivity contribution is 0.124. The SMILES string of the molecule is CC(C)CCOCCNCC1CCCN1C. The summed E-state index contributed by atoms with van der Waals surface area (Å²) < 4.78 is 5.56. The molecule has 0 aromatic heterocycles. The van der Waals surface area contributed by atoms with E-state index in [2.05, 4.69) is 31.1 Å². The third-order valence-electron chi connectivity index (χ3n) is 3.31. The lowest BCUT2D eigenvalue weighted by Crippen LogP contribution is -2.36. The predicted octanol–water partition coefficient (Wildman–Crippen LogP) is 1.73. The Labute approximate surface area is 101 Å². The van der Waals surface area contributed by atoms with Gasteiger partial charge in [-0.25, -0.2) is 0 Å². The third kappa shape index (κ3) is 5.83. The summed E-state index contributed by atoms with van der Waals surface area (Å²) in [5.74, 6) is 0.750. The molecule has 0 aliphatic carbocycles. The number of nitrogens with zero attached hydrogens (tertiary/aromatic N) is 1. The van der Waals surface area contributed by atoms with Gasteiger partial charge < -0.3 is 15.0 Å². The van der Waals surface area contributed by atoms with E-state index in [9.17, 15) is 0 Å². The predicted molar refractivity (Wildman–Crippen MR) is 68.8 cm³/mol. The number of likely N-dealkylation sites (N-methyl/N-ethyl adjacent to an activating group) is 1. The zero-order valence-electron chi connectivity index (χ0n) is 11.2. The topological polar surface area (TPSA) is 24.5 Å². The lowest BCUT2D eigenvalue weighted by atomic mass is 10.1. The molecule has 1 aliphatic heterocycles. The average Bonchev–Trinajstić information content (AvgIpc) is 2.62. The molecule has 3 heteroatoms. The van der Waals surface area contributed by atoms with Gasteiger partial charge in [0.2, 0.25) is 0 Å². The van der Waals surface area contributed by atoms with E-state index in [1.807, 2.05) is 0 Å². The van der Waals surface area contributed by atoms with Crippen molar-refractivity contribution in [2.24, 2.45) is 5.92 Å². The van der Waals surface area contributed by atoms with Crippen molar-refractivity contribution in [2.75, 3.05) is 39.9 Å². The second kappa shape index (κ2) is 8.04. The highest BCUT2D eigenvalue weighted by Crippen LogP contribution is 2.13. The summed E-state index contributed by atoms with van der Waals surface area (Å²) in [6.07, 6.45) is 3.87. The summed E-state index contributed by atoms with van der Waals surface area (Å²) in [5, 5.41) is 3.48. The Kier molecular flexibility index (Phi) is 7.01. The second-order valence-electron chi connectivity index (χ2n) is 5.28. The highest BCUT2D eigenvalue weighted by atomic mass is 16.5. The van der Waals surface area contributed by atoms with Crippen LogP contribution in [0.2, 0.25) is 0 Å². The molecule has 0 radical (unpaired) electrons. The molecule has 0 amide bonds. The molecule has 1 N–H and O–H groups in total. The molecule has 0 spiro atoms. The van der Waals surface area contributed by atoms with Crippen molar-refractivity contribution in [2.45, 2.75) is 39.2 Å². The maximum atomic E-state index is 5.56. The quantitative estimate of drug-likeness (QED) is 0.640. The zero-order valence-corrected chi connectivity index (χ0v) is 11.2. The Hall–Kier alpha value is -0.120. The Balaban J connectivity index is 1.84. The summed E-state index contributed by atoms with van der Waals surface area (Å²) in [7, 11) is 2.22. The fourth-order valence-electron chi connectivity index (χ4n) is 2.07. The Morgan fingerprint density at radius 3 is 2.81 bits per heavy atom. The molecule has 0 aromatic carbocycles. The number of likely N-dealkylation sites (tertiary alicyclic amines) is 1. The fraction of sp³-hybridized carbons (Fsp3) is 1.00. The molecular weight excluding hydrogens is 200 g/mol. The molecule has 0 bridgehead atoms. The summed E-state index contributed by atoms with van der Waals surface area (Å²) in [4.78, 5) is 2.45. The Morgan fingerprint density at radius 2 is 2.19 bits per heavy atom. The van der Waals surface area contributed by atoms with Crippen molar-refractivity contribution < 1.29 is 4.74 Å². The fourth-order valence-corrected chi connectivity index (χ4v) is 2.07. The van der Waals surface area contributed by atoms with Crippen molar-refractivity contribution in [3.05, 3.63) is 0 Å². The number of ether oxygens (including phenoxy) is 1. The highest BCUT2D eigenvalue weighted by Gasteiger charge is 2.19. The molecule has 0 saturated carbocycles. The van der Waals surface area contributed by atoms with E-state index >= 15 is 0 Å². The second-order valence-corrected chi connectivity index (χ2v) is 5.28. The monoisotopic (exact) mass is 228 g/mol. The number of nitrogens with one attached hydrogen (secondary N) is 1. The van der Waals surface area contributed by atoms with E-state index in [-0.39, 0.29) is 0 Å². The van der Waals surface area contributed by atoms with Gasteiger partial charge >= 0.3 is 0 Å². The first-order valence-electron chi connectivity index (χ1n) is 6.69. The third-order valence-corrected chi connectivity index (χ3v) is 3.31. The minimum Gasteiger partial charge on any atom is -0.380 e. The van der Waals surface area contributed by atoms with Gasteiger partial charge in [0.25, 0.3) is 0 Å². The van der Waals surface area contributed by atoms with Gasteiger partial charge in [-0.05, 0) is 38.8 Å². The van der Waals surface area contributed by atoms with Crippen LogP contribution >= 0.6 is 0 Å². The van der Waals surface area contributed by atoms with Gasteiger partial charge in [-0.15, -0.1) is 0 Å². The van der Waals surface area contributed by atoms with E-state index in [4.69, 9.17) is 4.74 Å². The van der Waals surface area contributed by atoms with Crippen LogP contribution in [0.5, 0.6) is 0 Å². The van der Waals surface area contributed by atoms with Crippen LogP contribution in [-0.2, 0) is 4.74 Å². The summed E-state index contributed by atoms with van der Waals surface area (Å²) in [5.41, 5.74) is 0. The van der Waals surface area contributed by atoms with Gasteiger partial charge in [-0.3, -0.25) is 0 Å². The molecule has 1 atom stereocenters. The van der Waals surface area contributed by atoms with Crippen LogP contribution < -0.4 is 5.32 Å². The van der Waals surface area contributed by atoms with E-state index in [1.165, 1.54) is 25.8 Å². The van der Waals surface area contributed by atoms with Gasteiger partial charge in [-0.1, -0.05) is 13.8 Å². The maximum Gasteiger partial charge on any atom is 0.0590 e. The van der Waals surface area contributed by atoms with Crippen LogP contribution in [-0.4, -0.2) is 50.8 Å². The van der Waals surface area contributed by atoms with Crippen molar-refractivity contribution in [1.82, 2.24) is 10.2 Å². The van der Waals surface area contributed by atoms with Crippen molar-refractivity contribution in [3.8, 4) is 0 Å². The normalized spacial score (nSPS) is 22.1. The first-order valence-corrected chi connectivity index (χ1v) is 6.69. The van der Waals surface area contributed by atoms with Gasteiger partial charge in [0.05, 0.1) is 6.61 Å². The van der Waals surface area contributed by atoms with E-state index in [0.717, 1.165) is 38.3 Å². The molecule has 96 valence electrons. The van der Waals surface area contributed by atoms with E-state index in [0.29, 0.717) is 0 Å². The van der Waals surface area contributed by atoms with Crippen LogP contribution in [0.15, 0.2) is 0 Å². The molecule has 1 rings (SSSR count). The van der Waals surface area contributed by atoms with E-state index < -0.39 is 0 Å². The van der Waals surface area contributed by atoms with Crippen molar-refractivity contribution in [3.63, 3.8) is 0 Å². The van der Waals surface area contributed by atoms with Gasteiger partial charge in [0, 0.05) is 25.7 Å². The molecule has 1 aliphatic rings. The van der Waals surface area contributed by atoms with Crippen molar-refractivity contribution in [1.29, 1.82) is 0 Å². The molecule has 1 saturated heterocycles. The average molecular weight is 228 g/mol. The largest absolute Gasteiger partial charge is 0.380 e. The Bertz CT molecular complexity index is 173. The first-order chi connectivity index (χ1) is 7.70. The van der Waals surface area contributed by atoms with Crippen LogP contribution in [0.4, 0.5) is 0 Å². The number of hydrogen-bond acceptors (Lipinski definition) is 3. The van der Waals surface area contributed by atoms with Gasteiger partial charge in [0.1, 0.15) is 0 Å². The summed E-state index contributed by atoms with van der Waals surface area (Å²) >= 11 is 0. The molecule has 3 nitrogen and oxygen atoms in total. The molecule has 1 heterocycles. The molecule has 16 heavy (non-hydrogen) atoms. The number of rotatable bonds is 8. The van der Waals surface area contributed by atoms with Crippen LogP contribution in [0.3, 0.4) is 0 Å². The molecular formula is C13H28N2O. The maximum absolute atomic E-state index is 5.56. The smallest absolute Gasteiger partial charge is 0.0590 e. The van der Waals surface area contributed by atoms with Crippen molar-refractivity contribution >= 4 is 0 Å². The minimum atomic E-state index is 0.746. The van der Waals surface area contributed by atoms with Crippen LogP contribution in [0.25, 0.3) is 0 Å². The highest BCUT2D eigenvalue weighted by molar-refractivity contribution is 4.77. The lowest BCUT2D eigenvalue weighted by Gasteiger charge is -2.19. The Morgan fingerprint density at radius 1 is 1.38 bits per heavy atom. The van der Waals surface area contributed by atoms with Gasteiger partial charge in [-0.2, -0.15) is 0 Å². The van der Waals surface area contributed by atoms with Crippen LogP contribution in [0.1, 0.15) is 33.1 Å². The molecule has 1 unspecified atom stereocenters. The summed E-state index contributed by atoms with van der Waals surface area (Å²) in [6.45, 7) is 9.59. The molecule has 1 fully saturated rings. The summed E-state index contributed by atoms with van der Waals surface area (Å²) in [6, 6.07) is 0.746. The molecule has 0 aromatic rings. The first kappa shape index (κ1) is 13.9. The standard InChI is InChI=1S/C13H28N2O/c1-12(2)6-9-16-10-7-14-11-13-5-4-8-15(13)3/h12-14H,4-11H2,1-3H3. The number of hydrogen-bond donors (Lipinski definition) is 1. The zero-order chi connectivity index (χ0) is 11.8. The van der Waals surface area contributed by atoms with E-state index in [1.54, 1.807) is 0 Å². The minimum absolute atomic E-state index is 0.746.